The quantitative estimate of drug-likeness (QED) is 0.446. The first-order valence-electron chi connectivity index (χ1n) is 9.29. The van der Waals surface area contributed by atoms with Crippen molar-refractivity contribution < 1.29 is 0 Å². The van der Waals surface area contributed by atoms with Crippen molar-refractivity contribution >= 4 is 28.9 Å². The lowest BCUT2D eigenvalue weighted by Gasteiger charge is -2.39. The highest BCUT2D eigenvalue weighted by Crippen LogP contribution is 2.53. The van der Waals surface area contributed by atoms with Crippen LogP contribution in [0.2, 0.25) is 10.0 Å². The van der Waals surface area contributed by atoms with Crippen molar-refractivity contribution in [2.75, 3.05) is 5.32 Å². The Labute approximate surface area is 169 Å². The summed E-state index contributed by atoms with van der Waals surface area (Å²) in [6, 6.07) is 23.2. The third-order valence-corrected chi connectivity index (χ3v) is 6.63. The van der Waals surface area contributed by atoms with E-state index in [9.17, 15) is 0 Å². The van der Waals surface area contributed by atoms with Crippen LogP contribution in [0.3, 0.4) is 0 Å². The molecule has 0 spiro atoms. The van der Waals surface area contributed by atoms with Gasteiger partial charge < -0.3 is 5.32 Å². The maximum atomic E-state index is 6.61. The summed E-state index contributed by atoms with van der Waals surface area (Å²) < 4.78 is 0. The van der Waals surface area contributed by atoms with E-state index in [0.717, 1.165) is 12.0 Å². The van der Waals surface area contributed by atoms with E-state index in [0.29, 0.717) is 21.9 Å². The van der Waals surface area contributed by atoms with Crippen LogP contribution in [0.4, 0.5) is 5.69 Å². The van der Waals surface area contributed by atoms with Gasteiger partial charge >= 0.3 is 0 Å². The van der Waals surface area contributed by atoms with Gasteiger partial charge in [0.15, 0.2) is 0 Å². The number of rotatable bonds is 2. The van der Waals surface area contributed by atoms with E-state index in [-0.39, 0.29) is 6.04 Å². The fraction of sp³-hybridized carbons (Fsp3) is 0.167. The molecule has 134 valence electrons. The fourth-order valence-electron chi connectivity index (χ4n) is 4.55. The zero-order valence-corrected chi connectivity index (χ0v) is 16.2. The van der Waals surface area contributed by atoms with Gasteiger partial charge in [-0.3, -0.25) is 0 Å². The number of nitrogens with one attached hydrogen (secondary N) is 1. The molecule has 0 saturated heterocycles. The molecule has 2 aliphatic rings. The van der Waals surface area contributed by atoms with Crippen LogP contribution < -0.4 is 5.32 Å². The van der Waals surface area contributed by atoms with Crippen LogP contribution >= 0.6 is 23.2 Å². The molecule has 3 heteroatoms. The predicted molar refractivity (Wildman–Crippen MR) is 115 cm³/mol. The van der Waals surface area contributed by atoms with Crippen LogP contribution in [0.15, 0.2) is 78.9 Å². The van der Waals surface area contributed by atoms with Gasteiger partial charge in [-0.2, -0.15) is 0 Å². The Morgan fingerprint density at radius 1 is 0.815 bits per heavy atom. The molecule has 5 rings (SSSR count). The normalized spacial score (nSPS) is 22.8. The van der Waals surface area contributed by atoms with Gasteiger partial charge in [-0.05, 0) is 35.1 Å². The van der Waals surface area contributed by atoms with E-state index in [1.807, 2.05) is 12.1 Å². The first-order valence-corrected chi connectivity index (χ1v) is 10.0. The highest BCUT2D eigenvalue weighted by molar-refractivity contribution is 6.42. The Morgan fingerprint density at radius 3 is 2.44 bits per heavy atom. The molecule has 0 saturated carbocycles. The van der Waals surface area contributed by atoms with Gasteiger partial charge in [0, 0.05) is 17.2 Å². The Morgan fingerprint density at radius 2 is 1.59 bits per heavy atom. The van der Waals surface area contributed by atoms with Gasteiger partial charge in [0.05, 0.1) is 16.1 Å². The zero-order chi connectivity index (χ0) is 18.4. The molecule has 0 amide bonds. The second-order valence-corrected chi connectivity index (χ2v) is 8.04. The third-order valence-electron chi connectivity index (χ3n) is 5.80. The van der Waals surface area contributed by atoms with Crippen LogP contribution in [-0.4, -0.2) is 0 Å². The smallest absolute Gasteiger partial charge is 0.0645 e. The Kier molecular flexibility index (Phi) is 4.22. The van der Waals surface area contributed by atoms with Crippen LogP contribution in [0.1, 0.15) is 29.5 Å². The molecule has 0 fully saturated rings. The van der Waals surface area contributed by atoms with Crippen molar-refractivity contribution in [2.24, 2.45) is 5.92 Å². The average molecular weight is 392 g/mol. The molecule has 3 aromatic carbocycles. The molecule has 1 nitrogen and oxygen atoms in total. The van der Waals surface area contributed by atoms with Crippen molar-refractivity contribution in [3.05, 3.63) is 100 Å². The number of para-hydroxylation sites is 1. The lowest BCUT2D eigenvalue weighted by molar-refractivity contribution is 0.426. The number of halogens is 2. The highest BCUT2D eigenvalue weighted by atomic mass is 35.5. The Bertz CT molecular complexity index is 1030. The molecule has 1 aliphatic heterocycles. The molecular formula is C24H19Cl2N. The number of benzene rings is 3. The molecule has 0 unspecified atom stereocenters. The van der Waals surface area contributed by atoms with Crippen molar-refractivity contribution in [1.29, 1.82) is 0 Å². The molecular weight excluding hydrogens is 373 g/mol. The topological polar surface area (TPSA) is 12.0 Å². The molecule has 0 bridgehead atoms. The van der Waals surface area contributed by atoms with Gasteiger partial charge in [0.1, 0.15) is 0 Å². The van der Waals surface area contributed by atoms with Crippen molar-refractivity contribution in [3.63, 3.8) is 0 Å². The molecule has 1 aliphatic carbocycles. The van der Waals surface area contributed by atoms with Crippen molar-refractivity contribution in [3.8, 4) is 11.1 Å². The molecule has 3 aromatic rings. The molecule has 0 radical (unpaired) electrons. The van der Waals surface area contributed by atoms with Crippen LogP contribution in [-0.2, 0) is 0 Å². The van der Waals surface area contributed by atoms with Gasteiger partial charge in [-0.25, -0.2) is 0 Å². The van der Waals surface area contributed by atoms with Gasteiger partial charge in [0.2, 0.25) is 0 Å². The Hall–Kier alpha value is -2.22. The summed E-state index contributed by atoms with van der Waals surface area (Å²) in [5.74, 6) is 0.837. The summed E-state index contributed by atoms with van der Waals surface area (Å²) in [4.78, 5) is 0. The maximum Gasteiger partial charge on any atom is 0.0645 e. The Balaban J connectivity index is 1.68. The first kappa shape index (κ1) is 16.9. The third kappa shape index (κ3) is 2.77. The number of allylic oxidation sites excluding steroid dienone is 2. The van der Waals surface area contributed by atoms with E-state index in [1.54, 1.807) is 0 Å². The summed E-state index contributed by atoms with van der Waals surface area (Å²) in [5.41, 5.74) is 6.10. The maximum absolute atomic E-state index is 6.61. The van der Waals surface area contributed by atoms with E-state index in [1.165, 1.54) is 22.4 Å². The summed E-state index contributed by atoms with van der Waals surface area (Å²) in [6.45, 7) is 0. The summed E-state index contributed by atoms with van der Waals surface area (Å²) >= 11 is 12.9. The number of hydrogen-bond donors (Lipinski definition) is 1. The minimum Gasteiger partial charge on any atom is -0.377 e. The second kappa shape index (κ2) is 6.74. The van der Waals surface area contributed by atoms with Gasteiger partial charge in [-0.15, -0.1) is 0 Å². The van der Waals surface area contributed by atoms with E-state index in [4.69, 9.17) is 23.2 Å². The number of anilines is 1. The minimum absolute atomic E-state index is 0.133. The average Bonchev–Trinajstić information content (AvgIpc) is 3.20. The first-order chi connectivity index (χ1) is 13.2. The van der Waals surface area contributed by atoms with Crippen LogP contribution in [0.5, 0.6) is 0 Å². The monoisotopic (exact) mass is 391 g/mol. The van der Waals surface area contributed by atoms with E-state index >= 15 is 0 Å². The lowest BCUT2D eigenvalue weighted by atomic mass is 9.76. The molecule has 1 N–H and O–H groups in total. The second-order valence-electron chi connectivity index (χ2n) is 7.25. The molecule has 27 heavy (non-hydrogen) atoms. The van der Waals surface area contributed by atoms with Crippen molar-refractivity contribution in [1.82, 2.24) is 0 Å². The molecule has 1 heterocycles. The van der Waals surface area contributed by atoms with Gasteiger partial charge in [-0.1, -0.05) is 96.0 Å². The summed E-state index contributed by atoms with van der Waals surface area (Å²) in [6.07, 6.45) is 5.69. The van der Waals surface area contributed by atoms with E-state index in [2.05, 4.69) is 72.1 Å². The summed E-state index contributed by atoms with van der Waals surface area (Å²) in [7, 11) is 0. The minimum atomic E-state index is 0.133. The fourth-order valence-corrected chi connectivity index (χ4v) is 4.97. The zero-order valence-electron chi connectivity index (χ0n) is 14.7. The lowest BCUT2D eigenvalue weighted by Crippen LogP contribution is -2.29. The largest absolute Gasteiger partial charge is 0.377 e. The number of hydrogen-bond acceptors (Lipinski definition) is 1. The summed E-state index contributed by atoms with van der Waals surface area (Å²) in [5, 5.41) is 5.10. The number of fused-ring (bicyclic) bond motifs is 3. The predicted octanol–water partition coefficient (Wildman–Crippen LogP) is 7.49. The SMILES string of the molecule is Clc1cccc([C@@H]2Nc3c(-c4ccccc4)cccc3[C@H]3C=CC[C@@H]32)c1Cl. The van der Waals surface area contributed by atoms with E-state index < -0.39 is 0 Å². The standard InChI is InChI=1S/C24H19Cl2N/c25-21-14-6-13-20(22(21)26)24-19-12-5-10-17(19)18-11-4-9-16(23(18)27-24)15-7-2-1-3-8-15/h1-11,13-14,17,19,24,27H,12H2/t17-,19+,24-/m1/s1. The van der Waals surface area contributed by atoms with Gasteiger partial charge in [0.25, 0.3) is 0 Å². The molecule has 0 aromatic heterocycles. The molecule has 3 atom stereocenters. The van der Waals surface area contributed by atoms with Crippen LogP contribution in [0.25, 0.3) is 11.1 Å². The highest BCUT2D eigenvalue weighted by Gasteiger charge is 2.39. The van der Waals surface area contributed by atoms with Crippen molar-refractivity contribution in [2.45, 2.75) is 18.4 Å². The van der Waals surface area contributed by atoms with Crippen LogP contribution in [0, 0.1) is 5.92 Å².